The van der Waals surface area contributed by atoms with Gasteiger partial charge in [0.15, 0.2) is 0 Å². The van der Waals surface area contributed by atoms with Gasteiger partial charge in [-0.25, -0.2) is 0 Å². The smallest absolute Gasteiger partial charge is 0.111 e. The fourth-order valence-corrected chi connectivity index (χ4v) is 0.315. The predicted molar refractivity (Wildman–Crippen MR) is 21.8 cm³/mol. The Morgan fingerprint density at radius 3 is 2.83 bits per heavy atom. The van der Waals surface area contributed by atoms with Gasteiger partial charge in [-0.1, -0.05) is 0 Å². The van der Waals surface area contributed by atoms with Crippen molar-refractivity contribution in [2.24, 2.45) is 0 Å². The Hall–Kier alpha value is -0.500. The molecular formula is C4H6NO. The Morgan fingerprint density at radius 1 is 1.83 bits per heavy atom. The zero-order valence-electron chi connectivity index (χ0n) is 3.59. The van der Waals surface area contributed by atoms with E-state index >= 15 is 0 Å². The molecular weight excluding hydrogens is 78.0 g/mol. The first-order valence-electron chi connectivity index (χ1n) is 1.92. The van der Waals surface area contributed by atoms with Crippen molar-refractivity contribution in [3.8, 4) is 0 Å². The summed E-state index contributed by atoms with van der Waals surface area (Å²) in [6.07, 6.45) is 3.48. The molecule has 1 aliphatic heterocycles. The van der Waals surface area contributed by atoms with Gasteiger partial charge in [-0.05, 0) is 18.5 Å². The molecule has 0 saturated heterocycles. The monoisotopic (exact) mass is 84.0 g/mol. The third-order valence-corrected chi connectivity index (χ3v) is 0.645. The highest BCUT2D eigenvalue weighted by atomic mass is 16.6. The molecule has 2 nitrogen and oxygen atoms in total. The summed E-state index contributed by atoms with van der Waals surface area (Å²) in [7, 11) is 0. The van der Waals surface area contributed by atoms with Gasteiger partial charge in [-0.2, -0.15) is 0 Å². The van der Waals surface area contributed by atoms with Crippen LogP contribution in [0.3, 0.4) is 0 Å². The molecule has 0 fully saturated rings. The first-order chi connectivity index (χ1) is 2.89. The second-order valence-electron chi connectivity index (χ2n) is 1.28. The zero-order valence-corrected chi connectivity index (χ0v) is 3.59. The standard InChI is InChI=1S/C4H6NO/c1-4-2-3-6-5-4/h2-4H,1H3. The molecule has 1 atom stereocenters. The van der Waals surface area contributed by atoms with Gasteiger partial charge >= 0.3 is 0 Å². The number of hydrogen-bond donors (Lipinski definition) is 0. The van der Waals surface area contributed by atoms with Crippen molar-refractivity contribution in [1.82, 2.24) is 5.48 Å². The third-order valence-electron chi connectivity index (χ3n) is 0.645. The van der Waals surface area contributed by atoms with Crippen LogP contribution in [0.4, 0.5) is 0 Å². The van der Waals surface area contributed by atoms with Crippen molar-refractivity contribution >= 4 is 0 Å². The molecule has 0 aromatic heterocycles. The van der Waals surface area contributed by atoms with Crippen LogP contribution in [0.25, 0.3) is 0 Å². The minimum Gasteiger partial charge on any atom is -0.396 e. The summed E-state index contributed by atoms with van der Waals surface area (Å²) >= 11 is 0. The highest BCUT2D eigenvalue weighted by molar-refractivity contribution is 4.87. The van der Waals surface area contributed by atoms with Crippen LogP contribution >= 0.6 is 0 Å². The largest absolute Gasteiger partial charge is 0.396 e. The Morgan fingerprint density at radius 2 is 2.67 bits per heavy atom. The Labute approximate surface area is 36.8 Å². The average molecular weight is 84.1 g/mol. The maximum absolute atomic E-state index is 4.50. The molecule has 0 saturated carbocycles. The molecule has 0 aliphatic carbocycles. The van der Waals surface area contributed by atoms with Crippen molar-refractivity contribution in [2.45, 2.75) is 13.0 Å². The molecule has 1 heterocycles. The van der Waals surface area contributed by atoms with Crippen LogP contribution in [-0.2, 0) is 4.84 Å². The van der Waals surface area contributed by atoms with E-state index < -0.39 is 0 Å². The SMILES string of the molecule is CC1C=CO[N]1. The van der Waals surface area contributed by atoms with Crippen molar-refractivity contribution in [3.63, 3.8) is 0 Å². The summed E-state index contributed by atoms with van der Waals surface area (Å²) in [5.74, 6) is 0. The molecule has 0 N–H and O–H groups in total. The Kier molecular flexibility index (Phi) is 0.801. The summed E-state index contributed by atoms with van der Waals surface area (Å²) in [4.78, 5) is 4.50. The summed E-state index contributed by atoms with van der Waals surface area (Å²) in [6.45, 7) is 1.96. The number of rotatable bonds is 0. The molecule has 0 aromatic rings. The lowest BCUT2D eigenvalue weighted by Gasteiger charge is -1.89. The second kappa shape index (κ2) is 1.30. The van der Waals surface area contributed by atoms with Gasteiger partial charge in [0.1, 0.15) is 6.26 Å². The van der Waals surface area contributed by atoms with E-state index in [9.17, 15) is 0 Å². The highest BCUT2D eigenvalue weighted by Gasteiger charge is 2.01. The van der Waals surface area contributed by atoms with Crippen molar-refractivity contribution in [2.75, 3.05) is 0 Å². The van der Waals surface area contributed by atoms with Crippen LogP contribution in [0.5, 0.6) is 0 Å². The second-order valence-corrected chi connectivity index (χ2v) is 1.28. The first-order valence-corrected chi connectivity index (χ1v) is 1.92. The number of nitrogens with zero attached hydrogens (tertiary/aromatic N) is 1. The maximum Gasteiger partial charge on any atom is 0.111 e. The van der Waals surface area contributed by atoms with Crippen LogP contribution in [0.2, 0.25) is 0 Å². The lowest BCUT2D eigenvalue weighted by Crippen LogP contribution is -2.06. The lowest BCUT2D eigenvalue weighted by molar-refractivity contribution is 0.136. The third kappa shape index (κ3) is 0.518. The van der Waals surface area contributed by atoms with Crippen molar-refractivity contribution < 1.29 is 4.84 Å². The Bertz CT molecular complexity index is 69.9. The summed E-state index contributed by atoms with van der Waals surface area (Å²) < 4.78 is 0. The molecule has 6 heavy (non-hydrogen) atoms. The van der Waals surface area contributed by atoms with Crippen LogP contribution in [-0.4, -0.2) is 6.04 Å². The lowest BCUT2D eigenvalue weighted by atomic mass is 10.4. The maximum atomic E-state index is 4.50. The van der Waals surface area contributed by atoms with Crippen molar-refractivity contribution in [1.29, 1.82) is 0 Å². The molecule has 1 aliphatic rings. The molecule has 2 heteroatoms. The minimum atomic E-state index is 0.269. The average Bonchev–Trinajstić information content (AvgIpc) is 1.86. The van der Waals surface area contributed by atoms with E-state index in [1.165, 1.54) is 0 Å². The molecule has 0 bridgehead atoms. The van der Waals surface area contributed by atoms with Crippen LogP contribution < -0.4 is 5.48 Å². The van der Waals surface area contributed by atoms with E-state index in [-0.39, 0.29) is 6.04 Å². The van der Waals surface area contributed by atoms with Gasteiger partial charge in [0.2, 0.25) is 0 Å². The van der Waals surface area contributed by atoms with E-state index in [4.69, 9.17) is 0 Å². The van der Waals surface area contributed by atoms with E-state index in [1.54, 1.807) is 6.26 Å². The van der Waals surface area contributed by atoms with Gasteiger partial charge < -0.3 is 4.84 Å². The van der Waals surface area contributed by atoms with E-state index in [1.807, 2.05) is 13.0 Å². The topological polar surface area (TPSA) is 23.3 Å². The summed E-state index contributed by atoms with van der Waals surface area (Å²) in [5.41, 5.74) is 3.62. The van der Waals surface area contributed by atoms with Crippen LogP contribution in [0.15, 0.2) is 12.3 Å². The summed E-state index contributed by atoms with van der Waals surface area (Å²) in [5, 5.41) is 0. The molecule has 0 spiro atoms. The normalized spacial score (nSPS) is 30.5. The molecule has 0 aromatic carbocycles. The minimum absolute atomic E-state index is 0.269. The van der Waals surface area contributed by atoms with Gasteiger partial charge in [0, 0.05) is 0 Å². The zero-order chi connectivity index (χ0) is 4.41. The van der Waals surface area contributed by atoms with Crippen molar-refractivity contribution in [3.05, 3.63) is 12.3 Å². The molecule has 1 rings (SSSR count). The highest BCUT2D eigenvalue weighted by Crippen LogP contribution is 1.94. The van der Waals surface area contributed by atoms with Gasteiger partial charge in [-0.15, -0.1) is 0 Å². The molecule has 33 valence electrons. The van der Waals surface area contributed by atoms with Gasteiger partial charge in [0.05, 0.1) is 6.04 Å². The molecule has 0 amide bonds. The fourth-order valence-electron chi connectivity index (χ4n) is 0.315. The fraction of sp³-hybridized carbons (Fsp3) is 0.500. The van der Waals surface area contributed by atoms with E-state index in [0.29, 0.717) is 0 Å². The van der Waals surface area contributed by atoms with Gasteiger partial charge in [-0.3, -0.25) is 0 Å². The quantitative estimate of drug-likeness (QED) is 0.417. The van der Waals surface area contributed by atoms with Gasteiger partial charge in [0.25, 0.3) is 0 Å². The van der Waals surface area contributed by atoms with Crippen LogP contribution in [0, 0.1) is 0 Å². The Balaban J connectivity index is 2.38. The van der Waals surface area contributed by atoms with E-state index in [0.717, 1.165) is 0 Å². The van der Waals surface area contributed by atoms with E-state index in [2.05, 4.69) is 10.3 Å². The number of hydrogen-bond acceptors (Lipinski definition) is 1. The molecule has 1 unspecified atom stereocenters. The first kappa shape index (κ1) is 3.68. The predicted octanol–water partition coefficient (Wildman–Crippen LogP) is 0.438. The van der Waals surface area contributed by atoms with Crippen LogP contribution in [0.1, 0.15) is 6.92 Å². The summed E-state index contributed by atoms with van der Waals surface area (Å²) in [6, 6.07) is 0.269. The number of hydroxylamine groups is 1. The molecule has 1 radical (unpaired) electrons.